The molecule has 0 bridgehead atoms. The van der Waals surface area contributed by atoms with Gasteiger partial charge in [0.05, 0.1) is 22.0 Å². The smallest absolute Gasteiger partial charge is 0.287 e. The minimum atomic E-state index is -0.543. The van der Waals surface area contributed by atoms with Crippen molar-refractivity contribution >= 4 is 33.0 Å². The summed E-state index contributed by atoms with van der Waals surface area (Å²) in [7, 11) is 2.02. The maximum absolute atomic E-state index is 11.3. The van der Waals surface area contributed by atoms with Gasteiger partial charge >= 0.3 is 0 Å². The second-order valence-electron chi connectivity index (χ2n) is 5.03. The molecule has 0 fully saturated rings. The van der Waals surface area contributed by atoms with Gasteiger partial charge in [-0.25, -0.2) is 0 Å². The zero-order chi connectivity index (χ0) is 18.3. The number of hydrogen-bond acceptors (Lipinski definition) is 10. The van der Waals surface area contributed by atoms with E-state index >= 15 is 0 Å². The molecule has 2 aromatic carbocycles. The number of rotatable bonds is 5. The average Bonchev–Trinajstić information content (AvgIpc) is 3.25. The first-order valence-electron chi connectivity index (χ1n) is 7.03. The Balaban J connectivity index is 1.66. The number of nitro benzene ring substituents is 2. The number of fused-ring (bicyclic) bond motifs is 2. The third-order valence-electron chi connectivity index (χ3n) is 3.52. The second kappa shape index (κ2) is 6.46. The highest BCUT2D eigenvalue weighted by atomic mass is 33.1. The van der Waals surface area contributed by atoms with Gasteiger partial charge in [-0.15, -0.1) is 0 Å². The van der Waals surface area contributed by atoms with Gasteiger partial charge in [-0.3, -0.25) is 20.2 Å². The maximum Gasteiger partial charge on any atom is 0.287 e. The summed E-state index contributed by atoms with van der Waals surface area (Å²) in [6.45, 7) is -0.0250. The van der Waals surface area contributed by atoms with Crippen LogP contribution in [0.4, 0.5) is 11.4 Å². The van der Waals surface area contributed by atoms with Crippen LogP contribution in [0.5, 0.6) is 23.0 Å². The molecule has 0 spiro atoms. The highest BCUT2D eigenvalue weighted by Crippen LogP contribution is 2.51. The SMILES string of the molecule is O=[N+]([O-])c1cc2c(cc1SSc1cc3c(cc1[N+](=O)[O-])OCO3)OCO2. The lowest BCUT2D eigenvalue weighted by Gasteiger charge is -2.06. The molecule has 0 radical (unpaired) electrons. The van der Waals surface area contributed by atoms with E-state index in [1.165, 1.54) is 24.3 Å². The molecule has 2 heterocycles. The lowest BCUT2D eigenvalue weighted by molar-refractivity contribution is -0.388. The fourth-order valence-electron chi connectivity index (χ4n) is 2.33. The Hall–Kier alpha value is -2.86. The monoisotopic (exact) mass is 396 g/mol. The van der Waals surface area contributed by atoms with Crippen LogP contribution in [-0.4, -0.2) is 23.4 Å². The van der Waals surface area contributed by atoms with E-state index in [9.17, 15) is 20.2 Å². The van der Waals surface area contributed by atoms with Crippen LogP contribution in [0.2, 0.25) is 0 Å². The summed E-state index contributed by atoms with van der Waals surface area (Å²) in [5.41, 5.74) is -0.342. The Labute approximate surface area is 153 Å². The molecule has 0 atom stereocenters. The van der Waals surface area contributed by atoms with Crippen LogP contribution in [0, 0.1) is 20.2 Å². The third-order valence-corrected chi connectivity index (χ3v) is 5.95. The molecule has 0 saturated heterocycles. The molecule has 26 heavy (non-hydrogen) atoms. The van der Waals surface area contributed by atoms with Crippen LogP contribution in [0.15, 0.2) is 34.1 Å². The summed E-state index contributed by atoms with van der Waals surface area (Å²) < 4.78 is 20.8. The molecule has 10 nitrogen and oxygen atoms in total. The summed E-state index contributed by atoms with van der Waals surface area (Å²) in [6, 6.07) is 5.52. The molecule has 0 unspecified atom stereocenters. The Bertz CT molecular complexity index is 860. The van der Waals surface area contributed by atoms with E-state index < -0.39 is 9.85 Å². The lowest BCUT2D eigenvalue weighted by Crippen LogP contribution is -1.93. The minimum absolute atomic E-state index is 0.0125. The maximum atomic E-state index is 11.3. The molecule has 0 saturated carbocycles. The Morgan fingerprint density at radius 2 is 1.04 bits per heavy atom. The predicted molar refractivity (Wildman–Crippen MR) is 90.2 cm³/mol. The van der Waals surface area contributed by atoms with E-state index in [1.54, 1.807) is 0 Å². The number of benzene rings is 2. The van der Waals surface area contributed by atoms with Gasteiger partial charge in [-0.05, 0) is 21.6 Å². The zero-order valence-corrected chi connectivity index (χ0v) is 14.3. The van der Waals surface area contributed by atoms with Crippen molar-refractivity contribution in [3.63, 3.8) is 0 Å². The van der Waals surface area contributed by atoms with E-state index in [4.69, 9.17) is 18.9 Å². The fraction of sp³-hybridized carbons (Fsp3) is 0.143. The van der Waals surface area contributed by atoms with Gasteiger partial charge in [0.25, 0.3) is 11.4 Å². The molecule has 0 N–H and O–H groups in total. The average molecular weight is 396 g/mol. The quantitative estimate of drug-likeness (QED) is 0.419. The van der Waals surface area contributed by atoms with E-state index in [1.807, 2.05) is 0 Å². The Morgan fingerprint density at radius 1 is 0.692 bits per heavy atom. The van der Waals surface area contributed by atoms with Crippen LogP contribution in [-0.2, 0) is 0 Å². The van der Waals surface area contributed by atoms with Crippen molar-refractivity contribution in [2.75, 3.05) is 13.6 Å². The highest BCUT2D eigenvalue weighted by Gasteiger charge is 2.27. The van der Waals surface area contributed by atoms with Crippen LogP contribution in [0.25, 0.3) is 0 Å². The summed E-state index contributed by atoms with van der Waals surface area (Å²) in [6.07, 6.45) is 0. The van der Waals surface area contributed by atoms with Crippen molar-refractivity contribution in [1.29, 1.82) is 0 Å². The molecule has 0 aromatic heterocycles. The first-order chi connectivity index (χ1) is 12.5. The van der Waals surface area contributed by atoms with Gasteiger partial charge in [-0.1, -0.05) is 0 Å². The standard InChI is InChI=1S/C14H8N2O8S2/c17-15(18)7-1-9-11(23-5-21-9)3-13(7)25-26-14-4-12-10(22-6-24-12)2-8(14)16(19)20/h1-4H,5-6H2. The second-order valence-corrected chi connectivity index (χ2v) is 7.24. The van der Waals surface area contributed by atoms with Gasteiger partial charge in [0.2, 0.25) is 13.6 Å². The molecule has 4 rings (SSSR count). The topological polar surface area (TPSA) is 123 Å². The van der Waals surface area contributed by atoms with Gasteiger partial charge < -0.3 is 18.9 Å². The third kappa shape index (κ3) is 2.93. The van der Waals surface area contributed by atoms with Crippen LogP contribution >= 0.6 is 21.6 Å². The largest absolute Gasteiger partial charge is 0.454 e. The van der Waals surface area contributed by atoms with Crippen LogP contribution in [0.3, 0.4) is 0 Å². The molecule has 12 heteroatoms. The molecular weight excluding hydrogens is 388 g/mol. The molecular formula is C14H8N2O8S2. The van der Waals surface area contributed by atoms with E-state index in [-0.39, 0.29) is 34.8 Å². The normalized spacial score (nSPS) is 13.7. The number of nitro groups is 2. The van der Waals surface area contributed by atoms with Gasteiger partial charge in [0, 0.05) is 12.1 Å². The minimum Gasteiger partial charge on any atom is -0.454 e. The number of nitrogens with zero attached hydrogens (tertiary/aromatic N) is 2. The molecule has 2 aliphatic heterocycles. The van der Waals surface area contributed by atoms with E-state index in [0.717, 1.165) is 21.6 Å². The zero-order valence-electron chi connectivity index (χ0n) is 12.7. The van der Waals surface area contributed by atoms with Crippen molar-refractivity contribution in [3.8, 4) is 23.0 Å². The predicted octanol–water partition coefficient (Wildman–Crippen LogP) is 3.76. The van der Waals surface area contributed by atoms with Crippen molar-refractivity contribution in [3.05, 3.63) is 44.5 Å². The van der Waals surface area contributed by atoms with Crippen molar-refractivity contribution in [1.82, 2.24) is 0 Å². The molecule has 0 aliphatic carbocycles. The van der Waals surface area contributed by atoms with Crippen LogP contribution in [0.1, 0.15) is 0 Å². The summed E-state index contributed by atoms with van der Waals surface area (Å²) >= 11 is 0. The van der Waals surface area contributed by atoms with Crippen molar-refractivity contribution in [2.24, 2.45) is 0 Å². The summed E-state index contributed by atoms with van der Waals surface area (Å²) in [5.74, 6) is 1.36. The van der Waals surface area contributed by atoms with Crippen LogP contribution < -0.4 is 18.9 Å². The van der Waals surface area contributed by atoms with Crippen molar-refractivity contribution in [2.45, 2.75) is 9.79 Å². The first-order valence-corrected chi connectivity index (χ1v) is 9.18. The highest BCUT2D eigenvalue weighted by molar-refractivity contribution is 8.76. The summed E-state index contributed by atoms with van der Waals surface area (Å²) in [5, 5.41) is 22.6. The van der Waals surface area contributed by atoms with Crippen molar-refractivity contribution < 1.29 is 28.8 Å². The Morgan fingerprint density at radius 3 is 1.38 bits per heavy atom. The summed E-state index contributed by atoms with van der Waals surface area (Å²) in [4.78, 5) is 22.1. The van der Waals surface area contributed by atoms with E-state index in [0.29, 0.717) is 23.0 Å². The molecule has 2 aromatic rings. The number of ether oxygens (including phenoxy) is 4. The molecule has 2 aliphatic rings. The van der Waals surface area contributed by atoms with E-state index in [2.05, 4.69) is 0 Å². The lowest BCUT2D eigenvalue weighted by atomic mass is 10.3. The van der Waals surface area contributed by atoms with Gasteiger partial charge in [0.1, 0.15) is 9.79 Å². The number of hydrogen-bond donors (Lipinski definition) is 0. The fourth-order valence-corrected chi connectivity index (χ4v) is 4.60. The van der Waals surface area contributed by atoms with Gasteiger partial charge in [-0.2, -0.15) is 0 Å². The molecule has 0 amide bonds. The van der Waals surface area contributed by atoms with Gasteiger partial charge in [0.15, 0.2) is 23.0 Å². The Kier molecular flexibility index (Phi) is 4.12. The molecule has 134 valence electrons. The first kappa shape index (κ1) is 16.6.